The van der Waals surface area contributed by atoms with E-state index in [2.05, 4.69) is 10.4 Å². The first-order chi connectivity index (χ1) is 12.7. The largest absolute Gasteiger partial charge is 0.416 e. The molecule has 0 fully saturated rings. The van der Waals surface area contributed by atoms with Crippen LogP contribution in [0.15, 0.2) is 46.8 Å². The minimum Gasteiger partial charge on any atom is -0.399 e. The summed E-state index contributed by atoms with van der Waals surface area (Å²) in [6.07, 6.45) is -5.36. The number of halogens is 4. The molecule has 0 aromatic heterocycles. The lowest BCUT2D eigenvalue weighted by Gasteiger charge is -2.24. The Morgan fingerprint density at radius 1 is 1.19 bits per heavy atom. The molecule has 2 aromatic carbocycles. The number of carbonyl (C=O) groups excluding carboxylic acids is 1. The smallest absolute Gasteiger partial charge is 0.399 e. The Hall–Kier alpha value is -3.17. The molecule has 10 heteroatoms. The molecule has 1 aliphatic rings. The molecule has 0 saturated heterocycles. The summed E-state index contributed by atoms with van der Waals surface area (Å²) in [4.78, 5) is 11.5. The van der Waals surface area contributed by atoms with Crippen molar-refractivity contribution >= 4 is 17.7 Å². The number of anilines is 2. The van der Waals surface area contributed by atoms with Gasteiger partial charge in [0, 0.05) is 5.69 Å². The maximum absolute atomic E-state index is 13.7. The van der Waals surface area contributed by atoms with Gasteiger partial charge in [-0.1, -0.05) is 17.4 Å². The zero-order chi connectivity index (χ0) is 19.8. The number of carbonyl (C=O) groups is 1. The monoisotopic (exact) mass is 381 g/mol. The van der Waals surface area contributed by atoms with Gasteiger partial charge in [-0.15, -0.1) is 0 Å². The first-order valence-electron chi connectivity index (χ1n) is 7.84. The summed E-state index contributed by atoms with van der Waals surface area (Å²) < 4.78 is 52.4. The highest BCUT2D eigenvalue weighted by atomic mass is 19.4. The summed E-state index contributed by atoms with van der Waals surface area (Å²) in [6.45, 7) is 1.99. The van der Waals surface area contributed by atoms with Crippen molar-refractivity contribution in [1.82, 2.24) is 5.01 Å². The minimum atomic E-state index is -4.73. The lowest BCUT2D eigenvalue weighted by molar-refractivity contribution is -0.137. The third-order valence-corrected chi connectivity index (χ3v) is 4.08. The van der Waals surface area contributed by atoms with Crippen LogP contribution >= 0.6 is 0 Å². The SMILES string of the molecule is Cc1cc(CN2N=NN(c3cc(F)cc(C(F)(F)F)c3)C2C=O)ccc1N. The molecule has 2 aromatic rings. The topological polar surface area (TPSA) is 74.3 Å². The molecule has 1 aliphatic heterocycles. The Bertz CT molecular complexity index is 899. The molecule has 27 heavy (non-hydrogen) atoms. The molecule has 6 nitrogen and oxygen atoms in total. The summed E-state index contributed by atoms with van der Waals surface area (Å²) in [7, 11) is 0. The van der Waals surface area contributed by atoms with Crippen LogP contribution in [0.4, 0.5) is 28.9 Å². The van der Waals surface area contributed by atoms with Crippen LogP contribution in [0.25, 0.3) is 0 Å². The van der Waals surface area contributed by atoms with Gasteiger partial charge in [0.2, 0.25) is 0 Å². The van der Waals surface area contributed by atoms with E-state index in [9.17, 15) is 22.4 Å². The lowest BCUT2D eigenvalue weighted by Crippen LogP contribution is -2.39. The number of alkyl halides is 3. The van der Waals surface area contributed by atoms with Crippen molar-refractivity contribution in [2.75, 3.05) is 10.7 Å². The molecule has 1 heterocycles. The first kappa shape index (κ1) is 18.6. The number of nitrogen functional groups attached to an aromatic ring is 1. The number of aldehydes is 1. The van der Waals surface area contributed by atoms with Gasteiger partial charge in [0.25, 0.3) is 0 Å². The van der Waals surface area contributed by atoms with Gasteiger partial charge in [0.05, 0.1) is 17.8 Å². The molecule has 0 amide bonds. The highest BCUT2D eigenvalue weighted by Gasteiger charge is 2.35. The van der Waals surface area contributed by atoms with Gasteiger partial charge in [-0.2, -0.15) is 13.2 Å². The molecular weight excluding hydrogens is 366 g/mol. The summed E-state index contributed by atoms with van der Waals surface area (Å²) in [5, 5.41) is 9.79. The van der Waals surface area contributed by atoms with E-state index in [0.717, 1.165) is 28.3 Å². The average molecular weight is 381 g/mol. The van der Waals surface area contributed by atoms with Crippen LogP contribution in [-0.4, -0.2) is 17.5 Å². The minimum absolute atomic E-state index is 0.173. The first-order valence-corrected chi connectivity index (χ1v) is 7.84. The fourth-order valence-electron chi connectivity index (χ4n) is 2.68. The van der Waals surface area contributed by atoms with E-state index >= 15 is 0 Å². The van der Waals surface area contributed by atoms with E-state index in [1.54, 1.807) is 18.2 Å². The predicted molar refractivity (Wildman–Crippen MR) is 89.7 cm³/mol. The fraction of sp³-hybridized carbons (Fsp3) is 0.235. The molecule has 0 radical (unpaired) electrons. The van der Waals surface area contributed by atoms with Gasteiger partial charge in [0.1, 0.15) is 5.82 Å². The molecule has 0 spiro atoms. The van der Waals surface area contributed by atoms with E-state index in [4.69, 9.17) is 5.73 Å². The number of nitrogens with zero attached hydrogens (tertiary/aromatic N) is 4. The maximum Gasteiger partial charge on any atom is 0.416 e. The van der Waals surface area contributed by atoms with Crippen LogP contribution in [0.5, 0.6) is 0 Å². The lowest BCUT2D eigenvalue weighted by atomic mass is 10.1. The second kappa shape index (κ2) is 6.86. The van der Waals surface area contributed by atoms with Crippen molar-refractivity contribution in [3.05, 3.63) is 58.9 Å². The molecule has 0 aliphatic carbocycles. The third kappa shape index (κ3) is 3.83. The van der Waals surface area contributed by atoms with Gasteiger partial charge in [-0.05, 0) is 47.5 Å². The predicted octanol–water partition coefficient (Wildman–Crippen LogP) is 3.86. The van der Waals surface area contributed by atoms with Crippen LogP contribution in [0.3, 0.4) is 0 Å². The van der Waals surface area contributed by atoms with Crippen molar-refractivity contribution in [2.24, 2.45) is 10.4 Å². The Labute approximate surface area is 151 Å². The fourth-order valence-corrected chi connectivity index (χ4v) is 2.68. The van der Waals surface area contributed by atoms with Crippen LogP contribution in [0.2, 0.25) is 0 Å². The van der Waals surface area contributed by atoms with Crippen LogP contribution in [0.1, 0.15) is 16.7 Å². The van der Waals surface area contributed by atoms with Gasteiger partial charge >= 0.3 is 6.18 Å². The van der Waals surface area contributed by atoms with Crippen LogP contribution < -0.4 is 10.7 Å². The number of hydrogen-bond donors (Lipinski definition) is 1. The quantitative estimate of drug-likeness (QED) is 0.496. The highest BCUT2D eigenvalue weighted by Crippen LogP contribution is 2.34. The van der Waals surface area contributed by atoms with E-state index in [-0.39, 0.29) is 12.2 Å². The van der Waals surface area contributed by atoms with Gasteiger partial charge in [-0.25, -0.2) is 14.4 Å². The van der Waals surface area contributed by atoms with Gasteiger partial charge in [-0.3, -0.25) is 4.79 Å². The van der Waals surface area contributed by atoms with Crippen LogP contribution in [0, 0.1) is 12.7 Å². The third-order valence-electron chi connectivity index (χ3n) is 4.08. The van der Waals surface area contributed by atoms with E-state index < -0.39 is 23.7 Å². The Balaban J connectivity index is 1.87. The summed E-state index contributed by atoms with van der Waals surface area (Å²) in [5.41, 5.74) is 6.59. The maximum atomic E-state index is 13.7. The Morgan fingerprint density at radius 3 is 2.56 bits per heavy atom. The number of hydrogen-bond acceptors (Lipinski definition) is 6. The van der Waals surface area contributed by atoms with Crippen molar-refractivity contribution in [2.45, 2.75) is 25.8 Å². The van der Waals surface area contributed by atoms with E-state index in [1.807, 2.05) is 6.92 Å². The molecular formula is C17H15F4N5O. The summed E-state index contributed by atoms with van der Waals surface area (Å²) >= 11 is 0. The van der Waals surface area contributed by atoms with Crippen molar-refractivity contribution < 1.29 is 22.4 Å². The highest BCUT2D eigenvalue weighted by molar-refractivity contribution is 5.66. The number of benzene rings is 2. The van der Waals surface area contributed by atoms with E-state index in [1.165, 1.54) is 5.01 Å². The van der Waals surface area contributed by atoms with Crippen LogP contribution in [-0.2, 0) is 17.5 Å². The number of rotatable bonds is 4. The average Bonchev–Trinajstić information content (AvgIpc) is 2.99. The zero-order valence-corrected chi connectivity index (χ0v) is 14.1. The summed E-state index contributed by atoms with van der Waals surface area (Å²) in [6, 6.07) is 7.21. The normalized spacial score (nSPS) is 16.9. The molecule has 142 valence electrons. The van der Waals surface area contributed by atoms with Gasteiger partial charge < -0.3 is 5.73 Å². The van der Waals surface area contributed by atoms with Gasteiger partial charge in [0.15, 0.2) is 12.5 Å². The molecule has 0 bridgehead atoms. The van der Waals surface area contributed by atoms with E-state index in [0.29, 0.717) is 18.0 Å². The number of nitrogens with two attached hydrogens (primary N) is 1. The molecule has 1 unspecified atom stereocenters. The molecule has 0 saturated carbocycles. The molecule has 2 N–H and O–H groups in total. The van der Waals surface area contributed by atoms with Crippen molar-refractivity contribution in [3.8, 4) is 0 Å². The Morgan fingerprint density at radius 2 is 1.93 bits per heavy atom. The zero-order valence-electron chi connectivity index (χ0n) is 14.1. The second-order valence-corrected chi connectivity index (χ2v) is 6.06. The standard InChI is InChI=1S/C17H15F4N5O/c1-10-4-11(2-3-15(10)22)8-25-16(9-27)26(24-23-25)14-6-12(17(19,20)21)5-13(18)7-14/h2-7,9,16H,8,22H2,1H3. The van der Waals surface area contributed by atoms with Crippen molar-refractivity contribution in [1.29, 1.82) is 0 Å². The second-order valence-electron chi connectivity index (χ2n) is 6.06. The molecule has 1 atom stereocenters. The van der Waals surface area contributed by atoms with Crippen molar-refractivity contribution in [3.63, 3.8) is 0 Å². The number of aryl methyl sites for hydroxylation is 1. The Kier molecular flexibility index (Phi) is 4.73. The molecule has 3 rings (SSSR count). The summed E-state index contributed by atoms with van der Waals surface area (Å²) in [5.74, 6) is -1.09.